The molecule has 21 heavy (non-hydrogen) atoms. The fraction of sp³-hybridized carbons (Fsp3) is 0.235. The van der Waals surface area contributed by atoms with Crippen molar-refractivity contribution >= 4 is 29.8 Å². The SMILES string of the molecule is CN(C)C1=NC(c2cccc(Cl)c2)c2ccccc2C1.Cl. The van der Waals surface area contributed by atoms with E-state index in [-0.39, 0.29) is 18.4 Å². The Kier molecular flexibility index (Phi) is 4.92. The molecule has 0 spiro atoms. The van der Waals surface area contributed by atoms with E-state index in [2.05, 4.69) is 35.2 Å². The number of amidine groups is 1. The maximum absolute atomic E-state index is 6.13. The molecule has 1 unspecified atom stereocenters. The largest absolute Gasteiger partial charge is 0.366 e. The molecule has 2 aromatic rings. The summed E-state index contributed by atoms with van der Waals surface area (Å²) in [6.45, 7) is 0. The first-order valence-corrected chi connectivity index (χ1v) is 7.10. The first kappa shape index (κ1) is 15.9. The average Bonchev–Trinajstić information content (AvgIpc) is 2.46. The molecule has 1 atom stereocenters. The molecular weight excluding hydrogens is 303 g/mol. The molecule has 3 rings (SSSR count). The van der Waals surface area contributed by atoms with Gasteiger partial charge in [-0.3, -0.25) is 4.99 Å². The Morgan fingerprint density at radius 2 is 1.86 bits per heavy atom. The zero-order valence-electron chi connectivity index (χ0n) is 12.1. The average molecular weight is 321 g/mol. The molecule has 4 heteroatoms. The van der Waals surface area contributed by atoms with E-state index in [1.165, 1.54) is 11.1 Å². The number of rotatable bonds is 1. The predicted molar refractivity (Wildman–Crippen MR) is 91.8 cm³/mol. The summed E-state index contributed by atoms with van der Waals surface area (Å²) in [5, 5.41) is 0.757. The third-order valence-electron chi connectivity index (χ3n) is 3.66. The van der Waals surface area contributed by atoms with Crippen molar-refractivity contribution in [1.82, 2.24) is 4.90 Å². The molecular formula is C17H18Cl2N2. The van der Waals surface area contributed by atoms with Crippen molar-refractivity contribution in [2.75, 3.05) is 14.1 Å². The standard InChI is InChI=1S/C17H17ClN2.ClH/c1-20(2)16-11-12-6-3-4-9-15(12)17(19-16)13-7-5-8-14(18)10-13;/h3-10,17H,11H2,1-2H3;1H. The van der Waals surface area contributed by atoms with Crippen LogP contribution < -0.4 is 0 Å². The molecule has 0 radical (unpaired) electrons. The summed E-state index contributed by atoms with van der Waals surface area (Å²) in [5.74, 6) is 1.11. The summed E-state index contributed by atoms with van der Waals surface area (Å²) in [5.41, 5.74) is 3.76. The van der Waals surface area contributed by atoms with E-state index in [0.717, 1.165) is 22.8 Å². The molecule has 0 saturated heterocycles. The Hall–Kier alpha value is -1.51. The zero-order chi connectivity index (χ0) is 14.1. The van der Waals surface area contributed by atoms with E-state index in [1.807, 2.05) is 32.3 Å². The minimum absolute atomic E-state index is 0. The van der Waals surface area contributed by atoms with Crippen LogP contribution in [0.2, 0.25) is 5.02 Å². The van der Waals surface area contributed by atoms with Crippen LogP contribution in [0, 0.1) is 0 Å². The van der Waals surface area contributed by atoms with Gasteiger partial charge in [0.25, 0.3) is 0 Å². The van der Waals surface area contributed by atoms with Gasteiger partial charge in [-0.25, -0.2) is 0 Å². The van der Waals surface area contributed by atoms with E-state index in [9.17, 15) is 0 Å². The van der Waals surface area contributed by atoms with E-state index in [0.29, 0.717) is 0 Å². The summed E-state index contributed by atoms with van der Waals surface area (Å²) < 4.78 is 0. The minimum atomic E-state index is 0. The predicted octanol–water partition coefficient (Wildman–Crippen LogP) is 4.37. The molecule has 0 saturated carbocycles. The highest BCUT2D eigenvalue weighted by molar-refractivity contribution is 6.30. The van der Waals surface area contributed by atoms with Gasteiger partial charge in [0.05, 0.1) is 0 Å². The normalized spacial score (nSPS) is 16.5. The van der Waals surface area contributed by atoms with Gasteiger partial charge < -0.3 is 4.90 Å². The van der Waals surface area contributed by atoms with E-state index >= 15 is 0 Å². The van der Waals surface area contributed by atoms with Gasteiger partial charge in [-0.2, -0.15) is 0 Å². The van der Waals surface area contributed by atoms with Crippen LogP contribution in [0.25, 0.3) is 0 Å². The van der Waals surface area contributed by atoms with Crippen LogP contribution in [-0.4, -0.2) is 24.8 Å². The molecule has 0 aliphatic carbocycles. The molecule has 1 heterocycles. The lowest BCUT2D eigenvalue weighted by atomic mass is 9.90. The Labute approximate surface area is 136 Å². The molecule has 0 N–H and O–H groups in total. The van der Waals surface area contributed by atoms with Gasteiger partial charge in [-0.05, 0) is 28.8 Å². The minimum Gasteiger partial charge on any atom is -0.366 e. The van der Waals surface area contributed by atoms with Gasteiger partial charge >= 0.3 is 0 Å². The van der Waals surface area contributed by atoms with Gasteiger partial charge in [-0.1, -0.05) is 48.0 Å². The van der Waals surface area contributed by atoms with Crippen LogP contribution >= 0.6 is 24.0 Å². The summed E-state index contributed by atoms with van der Waals surface area (Å²) in [7, 11) is 4.09. The highest BCUT2D eigenvalue weighted by atomic mass is 35.5. The first-order chi connectivity index (χ1) is 9.65. The quantitative estimate of drug-likeness (QED) is 0.762. The lowest BCUT2D eigenvalue weighted by molar-refractivity contribution is 0.592. The van der Waals surface area contributed by atoms with Crippen LogP contribution in [0.3, 0.4) is 0 Å². The number of aliphatic imine (C=N–C) groups is 1. The van der Waals surface area contributed by atoms with Crippen LogP contribution in [0.4, 0.5) is 0 Å². The van der Waals surface area contributed by atoms with Crippen molar-refractivity contribution in [3.63, 3.8) is 0 Å². The number of nitrogens with zero attached hydrogens (tertiary/aromatic N) is 2. The third-order valence-corrected chi connectivity index (χ3v) is 3.89. The van der Waals surface area contributed by atoms with Crippen molar-refractivity contribution in [2.24, 2.45) is 4.99 Å². The van der Waals surface area contributed by atoms with Crippen molar-refractivity contribution in [2.45, 2.75) is 12.5 Å². The number of benzene rings is 2. The summed E-state index contributed by atoms with van der Waals surface area (Å²) in [4.78, 5) is 7.01. The Bertz CT molecular complexity index is 665. The topological polar surface area (TPSA) is 15.6 Å². The Morgan fingerprint density at radius 3 is 2.57 bits per heavy atom. The second-order valence-electron chi connectivity index (χ2n) is 5.27. The molecule has 0 aromatic heterocycles. The number of hydrogen-bond donors (Lipinski definition) is 0. The van der Waals surface area contributed by atoms with Crippen molar-refractivity contribution in [3.8, 4) is 0 Å². The number of fused-ring (bicyclic) bond motifs is 1. The van der Waals surface area contributed by atoms with Crippen molar-refractivity contribution < 1.29 is 0 Å². The van der Waals surface area contributed by atoms with E-state index in [1.54, 1.807) is 0 Å². The van der Waals surface area contributed by atoms with E-state index < -0.39 is 0 Å². The number of likely N-dealkylation sites (N-methyl/N-ethyl adjacent to an activating group) is 1. The lowest BCUT2D eigenvalue weighted by Crippen LogP contribution is -2.28. The summed E-state index contributed by atoms with van der Waals surface area (Å²) >= 11 is 6.13. The number of hydrogen-bond acceptors (Lipinski definition) is 2. The number of halogens is 2. The fourth-order valence-electron chi connectivity index (χ4n) is 2.60. The van der Waals surface area contributed by atoms with Crippen molar-refractivity contribution in [3.05, 3.63) is 70.2 Å². The highest BCUT2D eigenvalue weighted by Gasteiger charge is 2.23. The van der Waals surface area contributed by atoms with Crippen molar-refractivity contribution in [1.29, 1.82) is 0 Å². The first-order valence-electron chi connectivity index (χ1n) is 6.72. The van der Waals surface area contributed by atoms with E-state index in [4.69, 9.17) is 16.6 Å². The van der Waals surface area contributed by atoms with Gasteiger partial charge in [0.1, 0.15) is 11.9 Å². The van der Waals surface area contributed by atoms with Crippen LogP contribution in [-0.2, 0) is 6.42 Å². The molecule has 2 aromatic carbocycles. The summed E-state index contributed by atoms with van der Waals surface area (Å²) in [6, 6.07) is 16.5. The molecule has 110 valence electrons. The Morgan fingerprint density at radius 1 is 1.10 bits per heavy atom. The smallest absolute Gasteiger partial charge is 0.104 e. The van der Waals surface area contributed by atoms with Gasteiger partial charge in [-0.15, -0.1) is 12.4 Å². The second-order valence-corrected chi connectivity index (χ2v) is 5.71. The summed E-state index contributed by atoms with van der Waals surface area (Å²) in [6.07, 6.45) is 0.889. The Balaban J connectivity index is 0.00000161. The van der Waals surface area contributed by atoms with Gasteiger partial charge in [0, 0.05) is 25.5 Å². The molecule has 2 nitrogen and oxygen atoms in total. The highest BCUT2D eigenvalue weighted by Crippen LogP contribution is 2.34. The van der Waals surface area contributed by atoms with Gasteiger partial charge in [0.2, 0.25) is 0 Å². The second kappa shape index (κ2) is 6.50. The molecule has 0 bridgehead atoms. The monoisotopic (exact) mass is 320 g/mol. The van der Waals surface area contributed by atoms with Crippen LogP contribution in [0.5, 0.6) is 0 Å². The molecule has 0 amide bonds. The zero-order valence-corrected chi connectivity index (χ0v) is 13.7. The van der Waals surface area contributed by atoms with Crippen LogP contribution in [0.15, 0.2) is 53.5 Å². The van der Waals surface area contributed by atoms with Crippen LogP contribution in [0.1, 0.15) is 22.7 Å². The molecule has 1 aliphatic rings. The lowest BCUT2D eigenvalue weighted by Gasteiger charge is -2.27. The maximum Gasteiger partial charge on any atom is 0.104 e. The third kappa shape index (κ3) is 3.22. The molecule has 1 aliphatic heterocycles. The maximum atomic E-state index is 6.13. The molecule has 0 fully saturated rings. The van der Waals surface area contributed by atoms with Gasteiger partial charge in [0.15, 0.2) is 0 Å². The fourth-order valence-corrected chi connectivity index (χ4v) is 2.80.